The summed E-state index contributed by atoms with van der Waals surface area (Å²) < 4.78 is 10.1. The number of hydrogen-bond donors (Lipinski definition) is 2. The zero-order valence-corrected chi connectivity index (χ0v) is 10.2. The number of nitrogens with zero attached hydrogens (tertiary/aromatic N) is 1. The molecule has 0 saturated carbocycles. The van der Waals surface area contributed by atoms with Gasteiger partial charge in [0.1, 0.15) is 11.2 Å². The standard InChI is InChI=1S/C12H16N2O4/c1-17-11-9(3-2-5-13-11)10(15)14-7-12(16)4-6-18-8-12/h2-3,5,16H,4,6-8H2,1H3,(H,14,15). The molecular weight excluding hydrogens is 236 g/mol. The molecule has 98 valence electrons. The number of hydrogen-bond acceptors (Lipinski definition) is 5. The van der Waals surface area contributed by atoms with Crippen molar-refractivity contribution in [2.24, 2.45) is 0 Å². The molecule has 1 saturated heterocycles. The van der Waals surface area contributed by atoms with E-state index < -0.39 is 5.60 Å². The number of methoxy groups -OCH3 is 1. The fourth-order valence-corrected chi connectivity index (χ4v) is 1.80. The molecule has 1 unspecified atom stereocenters. The van der Waals surface area contributed by atoms with Crippen molar-refractivity contribution in [3.63, 3.8) is 0 Å². The second-order valence-electron chi connectivity index (χ2n) is 4.27. The number of nitrogens with one attached hydrogen (secondary N) is 1. The number of ether oxygens (including phenoxy) is 2. The molecule has 1 atom stereocenters. The highest BCUT2D eigenvalue weighted by molar-refractivity contribution is 5.96. The van der Waals surface area contributed by atoms with Gasteiger partial charge in [-0.25, -0.2) is 4.98 Å². The summed E-state index contributed by atoms with van der Waals surface area (Å²) in [6.07, 6.45) is 2.07. The largest absolute Gasteiger partial charge is 0.480 e. The molecule has 6 nitrogen and oxygen atoms in total. The van der Waals surface area contributed by atoms with Gasteiger partial charge in [-0.15, -0.1) is 0 Å². The number of rotatable bonds is 4. The maximum atomic E-state index is 11.9. The van der Waals surface area contributed by atoms with Gasteiger partial charge in [-0.05, 0) is 12.1 Å². The van der Waals surface area contributed by atoms with Crippen molar-refractivity contribution in [2.75, 3.05) is 26.9 Å². The van der Waals surface area contributed by atoms with E-state index in [4.69, 9.17) is 9.47 Å². The van der Waals surface area contributed by atoms with Crippen LogP contribution in [0.2, 0.25) is 0 Å². The second kappa shape index (κ2) is 5.32. The predicted octanol–water partition coefficient (Wildman–Crippen LogP) is -0.0286. The number of aromatic nitrogens is 1. The van der Waals surface area contributed by atoms with Crippen LogP contribution in [0.4, 0.5) is 0 Å². The number of aliphatic hydroxyl groups is 1. The summed E-state index contributed by atoms with van der Waals surface area (Å²) in [5.41, 5.74) is -0.618. The lowest BCUT2D eigenvalue weighted by atomic mass is 10.0. The molecule has 1 fully saturated rings. The average Bonchev–Trinajstić information content (AvgIpc) is 2.83. The summed E-state index contributed by atoms with van der Waals surface area (Å²) in [5.74, 6) is -0.0510. The fourth-order valence-electron chi connectivity index (χ4n) is 1.80. The third-order valence-electron chi connectivity index (χ3n) is 2.87. The first kappa shape index (κ1) is 12.8. The number of carbonyl (C=O) groups excluding carboxylic acids is 1. The summed E-state index contributed by atoms with van der Waals surface area (Å²) in [4.78, 5) is 15.9. The molecule has 1 amide bonds. The van der Waals surface area contributed by atoms with Crippen molar-refractivity contribution in [3.8, 4) is 5.88 Å². The van der Waals surface area contributed by atoms with Gasteiger partial charge >= 0.3 is 0 Å². The molecule has 0 radical (unpaired) electrons. The van der Waals surface area contributed by atoms with E-state index in [9.17, 15) is 9.90 Å². The van der Waals surface area contributed by atoms with E-state index in [1.807, 2.05) is 0 Å². The molecule has 0 spiro atoms. The van der Waals surface area contributed by atoms with Gasteiger partial charge < -0.3 is 19.9 Å². The maximum absolute atomic E-state index is 11.9. The first-order valence-corrected chi connectivity index (χ1v) is 5.72. The van der Waals surface area contributed by atoms with Crippen molar-refractivity contribution in [1.82, 2.24) is 10.3 Å². The zero-order valence-electron chi connectivity index (χ0n) is 10.2. The van der Waals surface area contributed by atoms with Gasteiger partial charge in [0, 0.05) is 25.8 Å². The molecule has 2 rings (SSSR count). The van der Waals surface area contributed by atoms with E-state index in [1.54, 1.807) is 18.3 Å². The highest BCUT2D eigenvalue weighted by Crippen LogP contribution is 2.18. The van der Waals surface area contributed by atoms with Crippen molar-refractivity contribution in [2.45, 2.75) is 12.0 Å². The van der Waals surface area contributed by atoms with E-state index in [0.29, 0.717) is 18.6 Å². The maximum Gasteiger partial charge on any atom is 0.256 e. The van der Waals surface area contributed by atoms with Crippen LogP contribution in [0.1, 0.15) is 16.8 Å². The first-order chi connectivity index (χ1) is 8.64. The van der Waals surface area contributed by atoms with Crippen LogP contribution in [-0.2, 0) is 4.74 Å². The van der Waals surface area contributed by atoms with Gasteiger partial charge in [-0.1, -0.05) is 0 Å². The monoisotopic (exact) mass is 252 g/mol. The molecule has 1 aliphatic rings. The van der Waals surface area contributed by atoms with Crippen LogP contribution in [0.5, 0.6) is 5.88 Å². The Bertz CT molecular complexity index is 430. The molecule has 1 aromatic rings. The highest BCUT2D eigenvalue weighted by Gasteiger charge is 2.32. The molecule has 0 aliphatic carbocycles. The molecule has 2 heterocycles. The van der Waals surface area contributed by atoms with Gasteiger partial charge in [0.25, 0.3) is 5.91 Å². The summed E-state index contributed by atoms with van der Waals surface area (Å²) in [6, 6.07) is 3.28. The quantitative estimate of drug-likeness (QED) is 0.786. The minimum Gasteiger partial charge on any atom is -0.480 e. The third-order valence-corrected chi connectivity index (χ3v) is 2.87. The van der Waals surface area contributed by atoms with E-state index in [1.165, 1.54) is 7.11 Å². The minimum atomic E-state index is -0.967. The normalized spacial score (nSPS) is 22.8. The first-order valence-electron chi connectivity index (χ1n) is 5.72. The Hall–Kier alpha value is -1.66. The highest BCUT2D eigenvalue weighted by atomic mass is 16.5. The Morgan fingerprint density at radius 3 is 3.22 bits per heavy atom. The van der Waals surface area contributed by atoms with Crippen molar-refractivity contribution >= 4 is 5.91 Å². The van der Waals surface area contributed by atoms with Crippen molar-refractivity contribution < 1.29 is 19.4 Å². The lowest BCUT2D eigenvalue weighted by Gasteiger charge is -2.20. The molecule has 1 aliphatic heterocycles. The van der Waals surface area contributed by atoms with E-state index in [-0.39, 0.29) is 24.9 Å². The molecule has 18 heavy (non-hydrogen) atoms. The van der Waals surface area contributed by atoms with Crippen LogP contribution in [-0.4, -0.2) is 48.5 Å². The Morgan fingerprint density at radius 2 is 2.56 bits per heavy atom. The number of pyridine rings is 1. The lowest BCUT2D eigenvalue weighted by molar-refractivity contribution is 0.0264. The lowest BCUT2D eigenvalue weighted by Crippen LogP contribution is -2.43. The smallest absolute Gasteiger partial charge is 0.256 e. The van der Waals surface area contributed by atoms with Crippen LogP contribution in [0.15, 0.2) is 18.3 Å². The molecule has 2 N–H and O–H groups in total. The molecule has 6 heteroatoms. The average molecular weight is 252 g/mol. The Labute approximate surface area is 105 Å². The van der Waals surface area contributed by atoms with Gasteiger partial charge in [0.2, 0.25) is 5.88 Å². The number of amides is 1. The minimum absolute atomic E-state index is 0.157. The van der Waals surface area contributed by atoms with Crippen LogP contribution in [0.25, 0.3) is 0 Å². The SMILES string of the molecule is COc1ncccc1C(=O)NCC1(O)CCOC1. The van der Waals surface area contributed by atoms with Gasteiger partial charge in [-0.3, -0.25) is 4.79 Å². The zero-order chi connectivity index (χ0) is 13.0. The van der Waals surface area contributed by atoms with E-state index in [0.717, 1.165) is 0 Å². The Kier molecular flexibility index (Phi) is 3.78. The van der Waals surface area contributed by atoms with Crippen LogP contribution >= 0.6 is 0 Å². The third kappa shape index (κ3) is 2.77. The Balaban J connectivity index is 1.99. The van der Waals surface area contributed by atoms with Gasteiger partial charge in [0.15, 0.2) is 0 Å². The molecule has 0 bridgehead atoms. The van der Waals surface area contributed by atoms with Gasteiger partial charge in [0.05, 0.1) is 13.7 Å². The predicted molar refractivity (Wildman–Crippen MR) is 63.5 cm³/mol. The van der Waals surface area contributed by atoms with Crippen LogP contribution in [0, 0.1) is 0 Å². The number of carbonyl (C=O) groups is 1. The summed E-state index contributed by atoms with van der Waals surface area (Å²) in [7, 11) is 1.46. The second-order valence-corrected chi connectivity index (χ2v) is 4.27. The topological polar surface area (TPSA) is 80.7 Å². The summed E-state index contributed by atoms with van der Waals surface area (Å²) in [5, 5.41) is 12.7. The van der Waals surface area contributed by atoms with E-state index >= 15 is 0 Å². The van der Waals surface area contributed by atoms with Gasteiger partial charge in [-0.2, -0.15) is 0 Å². The molecule has 0 aromatic carbocycles. The van der Waals surface area contributed by atoms with Crippen molar-refractivity contribution in [3.05, 3.63) is 23.9 Å². The summed E-state index contributed by atoms with van der Waals surface area (Å²) in [6.45, 7) is 0.921. The van der Waals surface area contributed by atoms with Crippen molar-refractivity contribution in [1.29, 1.82) is 0 Å². The van der Waals surface area contributed by atoms with E-state index in [2.05, 4.69) is 10.3 Å². The molecule has 1 aromatic heterocycles. The summed E-state index contributed by atoms with van der Waals surface area (Å²) >= 11 is 0. The van der Waals surface area contributed by atoms with Crippen LogP contribution in [0.3, 0.4) is 0 Å². The van der Waals surface area contributed by atoms with Crippen LogP contribution < -0.4 is 10.1 Å². The fraction of sp³-hybridized carbons (Fsp3) is 0.500. The molecular formula is C12H16N2O4. The Morgan fingerprint density at radius 1 is 1.72 bits per heavy atom.